The number of nitrogens with one attached hydrogen (secondary N) is 1. The van der Waals surface area contributed by atoms with Crippen LogP contribution in [0, 0.1) is 0 Å². The highest BCUT2D eigenvalue weighted by Gasteiger charge is 2.26. The second kappa shape index (κ2) is 5.45. The van der Waals surface area contributed by atoms with E-state index in [0.29, 0.717) is 23.8 Å². The number of benzene rings is 1. The number of carbonyl (C=O) groups excluding carboxylic acids is 1. The average Bonchev–Trinajstić information content (AvgIpc) is 3.04. The lowest BCUT2D eigenvalue weighted by Crippen LogP contribution is -2.33. The number of aromatic carboxylic acids is 1. The van der Waals surface area contributed by atoms with Gasteiger partial charge in [-0.1, -0.05) is 17.4 Å². The Labute approximate surface area is 132 Å². The van der Waals surface area contributed by atoms with Crippen molar-refractivity contribution in [3.8, 4) is 0 Å². The molecule has 8 heteroatoms. The highest BCUT2D eigenvalue weighted by molar-refractivity contribution is 9.11. The van der Waals surface area contributed by atoms with Gasteiger partial charge in [-0.25, -0.2) is 14.6 Å². The molecule has 0 radical (unpaired) electrons. The number of carboxylic acid groups (broad SMARTS) is 1. The number of hydrogen-bond acceptors (Lipinski definition) is 4. The first-order valence-corrected chi connectivity index (χ1v) is 7.71. The van der Waals surface area contributed by atoms with E-state index in [2.05, 4.69) is 26.2 Å². The zero-order valence-corrected chi connectivity index (χ0v) is 13.1. The molecule has 1 aliphatic heterocycles. The minimum atomic E-state index is -1.01. The maximum atomic E-state index is 12.3. The van der Waals surface area contributed by atoms with Crippen LogP contribution < -0.4 is 10.2 Å². The number of aromatic nitrogens is 1. The van der Waals surface area contributed by atoms with E-state index in [4.69, 9.17) is 5.11 Å². The number of carboxylic acids is 1. The SMILES string of the molecule is O=C(O)c1ccc2c(c1)N(C(=O)Nc1ncc(Br)s1)CC2. The van der Waals surface area contributed by atoms with E-state index in [1.165, 1.54) is 22.3 Å². The van der Waals surface area contributed by atoms with Crippen molar-refractivity contribution in [1.29, 1.82) is 0 Å². The minimum absolute atomic E-state index is 0.172. The van der Waals surface area contributed by atoms with Crippen LogP contribution in [0.4, 0.5) is 15.6 Å². The average molecular weight is 368 g/mol. The molecule has 0 bridgehead atoms. The molecule has 0 saturated heterocycles. The Morgan fingerprint density at radius 3 is 2.90 bits per heavy atom. The smallest absolute Gasteiger partial charge is 0.335 e. The molecule has 6 nitrogen and oxygen atoms in total. The van der Waals surface area contributed by atoms with E-state index in [1.807, 2.05) is 0 Å². The molecule has 0 saturated carbocycles. The van der Waals surface area contributed by atoms with Crippen LogP contribution in [0.2, 0.25) is 0 Å². The van der Waals surface area contributed by atoms with Crippen molar-refractivity contribution in [1.82, 2.24) is 4.98 Å². The van der Waals surface area contributed by atoms with E-state index >= 15 is 0 Å². The van der Waals surface area contributed by atoms with Crippen molar-refractivity contribution in [2.75, 3.05) is 16.8 Å². The van der Waals surface area contributed by atoms with Crippen molar-refractivity contribution in [2.45, 2.75) is 6.42 Å². The Bertz CT molecular complexity index is 731. The van der Waals surface area contributed by atoms with Crippen molar-refractivity contribution in [3.63, 3.8) is 0 Å². The Balaban J connectivity index is 1.84. The normalized spacial score (nSPS) is 13.1. The van der Waals surface area contributed by atoms with Crippen molar-refractivity contribution < 1.29 is 14.7 Å². The highest BCUT2D eigenvalue weighted by atomic mass is 79.9. The predicted octanol–water partition coefficient (Wildman–Crippen LogP) is 3.20. The van der Waals surface area contributed by atoms with Gasteiger partial charge in [-0.2, -0.15) is 0 Å². The number of halogens is 1. The Morgan fingerprint density at radius 1 is 1.43 bits per heavy atom. The molecule has 0 spiro atoms. The zero-order valence-electron chi connectivity index (χ0n) is 10.7. The number of nitrogens with zero attached hydrogens (tertiary/aromatic N) is 2. The number of amides is 2. The first-order chi connectivity index (χ1) is 10.0. The molecule has 2 N–H and O–H groups in total. The van der Waals surface area contributed by atoms with Crippen molar-refractivity contribution in [3.05, 3.63) is 39.3 Å². The summed E-state index contributed by atoms with van der Waals surface area (Å²) in [6, 6.07) is 4.53. The maximum Gasteiger partial charge on any atom is 0.335 e. The third-order valence-corrected chi connectivity index (χ3v) is 4.56. The number of rotatable bonds is 2. The monoisotopic (exact) mass is 367 g/mol. The van der Waals surface area contributed by atoms with Gasteiger partial charge in [-0.15, -0.1) is 0 Å². The summed E-state index contributed by atoms with van der Waals surface area (Å²) in [5.41, 5.74) is 1.78. The van der Waals surface area contributed by atoms with Crippen molar-refractivity contribution >= 4 is 50.1 Å². The predicted molar refractivity (Wildman–Crippen MR) is 83.3 cm³/mol. The van der Waals surface area contributed by atoms with Crippen LogP contribution >= 0.6 is 27.3 Å². The fraction of sp³-hybridized carbons (Fsp3) is 0.154. The summed E-state index contributed by atoms with van der Waals surface area (Å²) in [6.45, 7) is 0.525. The molecule has 108 valence electrons. The first kappa shape index (κ1) is 14.0. The van der Waals surface area contributed by atoms with Gasteiger partial charge in [0.05, 0.1) is 15.5 Å². The third kappa shape index (κ3) is 2.77. The molecule has 1 aliphatic rings. The molecule has 0 atom stereocenters. The maximum absolute atomic E-state index is 12.3. The molecule has 21 heavy (non-hydrogen) atoms. The standard InChI is InChI=1S/C13H10BrN3O3S/c14-10-6-15-12(21-10)16-13(20)17-4-3-7-1-2-8(11(18)19)5-9(7)17/h1-2,5-6H,3-4H2,(H,18,19)(H,15,16,20). The molecule has 0 aliphatic carbocycles. The molecule has 2 aromatic rings. The van der Waals surface area contributed by atoms with Gasteiger partial charge in [0, 0.05) is 12.2 Å². The van der Waals surface area contributed by atoms with Gasteiger partial charge in [0.25, 0.3) is 0 Å². The van der Waals surface area contributed by atoms with E-state index in [1.54, 1.807) is 18.3 Å². The van der Waals surface area contributed by atoms with E-state index < -0.39 is 5.97 Å². The second-order valence-electron chi connectivity index (χ2n) is 4.45. The van der Waals surface area contributed by atoms with Gasteiger partial charge >= 0.3 is 12.0 Å². The number of carbonyl (C=O) groups is 2. The van der Waals surface area contributed by atoms with Gasteiger partial charge in [0.15, 0.2) is 5.13 Å². The molecule has 2 heterocycles. The summed E-state index contributed by atoms with van der Waals surface area (Å²) < 4.78 is 0.827. The number of anilines is 2. The lowest BCUT2D eigenvalue weighted by Gasteiger charge is -2.17. The summed E-state index contributed by atoms with van der Waals surface area (Å²) in [6.07, 6.45) is 2.32. The Hall–Kier alpha value is -1.93. The van der Waals surface area contributed by atoms with Crippen LogP contribution in [0.3, 0.4) is 0 Å². The fourth-order valence-corrected chi connectivity index (χ4v) is 3.29. The van der Waals surface area contributed by atoms with Crippen LogP contribution in [0.5, 0.6) is 0 Å². The third-order valence-electron chi connectivity index (χ3n) is 3.16. The minimum Gasteiger partial charge on any atom is -0.478 e. The van der Waals surface area contributed by atoms with Crippen LogP contribution in [-0.4, -0.2) is 28.6 Å². The van der Waals surface area contributed by atoms with Gasteiger partial charge in [-0.3, -0.25) is 10.2 Å². The largest absolute Gasteiger partial charge is 0.478 e. The molecule has 0 unspecified atom stereocenters. The number of hydrogen-bond donors (Lipinski definition) is 2. The summed E-state index contributed by atoms with van der Waals surface area (Å²) in [4.78, 5) is 28.9. The van der Waals surface area contributed by atoms with E-state index in [0.717, 1.165) is 9.35 Å². The summed E-state index contributed by atoms with van der Waals surface area (Å²) >= 11 is 4.60. The summed E-state index contributed by atoms with van der Waals surface area (Å²) in [7, 11) is 0. The number of fused-ring (bicyclic) bond motifs is 1. The molecule has 3 rings (SSSR count). The van der Waals surface area contributed by atoms with Crippen LogP contribution in [0.1, 0.15) is 15.9 Å². The Morgan fingerprint density at radius 2 is 2.24 bits per heavy atom. The van der Waals surface area contributed by atoms with Gasteiger partial charge in [0.1, 0.15) is 0 Å². The molecule has 0 fully saturated rings. The van der Waals surface area contributed by atoms with Crippen LogP contribution in [0.25, 0.3) is 0 Å². The zero-order chi connectivity index (χ0) is 15.0. The van der Waals surface area contributed by atoms with Crippen LogP contribution in [0.15, 0.2) is 28.2 Å². The fourth-order valence-electron chi connectivity index (χ4n) is 2.19. The van der Waals surface area contributed by atoms with E-state index in [9.17, 15) is 9.59 Å². The van der Waals surface area contributed by atoms with Gasteiger partial charge < -0.3 is 5.11 Å². The molecular formula is C13H10BrN3O3S. The van der Waals surface area contributed by atoms with Crippen molar-refractivity contribution in [2.24, 2.45) is 0 Å². The first-order valence-electron chi connectivity index (χ1n) is 6.10. The van der Waals surface area contributed by atoms with Gasteiger partial charge in [-0.05, 0) is 40.0 Å². The topological polar surface area (TPSA) is 82.5 Å². The second-order valence-corrected chi connectivity index (χ2v) is 6.86. The number of urea groups is 1. The molecule has 1 aromatic heterocycles. The Kier molecular flexibility index (Phi) is 3.64. The summed E-state index contributed by atoms with van der Waals surface area (Å²) in [5, 5.41) is 12.3. The van der Waals surface area contributed by atoms with E-state index in [-0.39, 0.29) is 11.6 Å². The molecular weight excluding hydrogens is 358 g/mol. The number of thiazole rings is 1. The summed E-state index contributed by atoms with van der Waals surface area (Å²) in [5.74, 6) is -1.01. The lowest BCUT2D eigenvalue weighted by atomic mass is 10.1. The molecule has 2 amide bonds. The van der Waals surface area contributed by atoms with Gasteiger partial charge in [0.2, 0.25) is 0 Å². The quantitative estimate of drug-likeness (QED) is 0.853. The van der Waals surface area contributed by atoms with Crippen LogP contribution in [-0.2, 0) is 6.42 Å². The lowest BCUT2D eigenvalue weighted by molar-refractivity contribution is 0.0697. The highest BCUT2D eigenvalue weighted by Crippen LogP contribution is 2.30. The molecule has 1 aromatic carbocycles.